The Bertz CT molecular complexity index is 740. The number of amides is 1. The second kappa shape index (κ2) is 12.7. The van der Waals surface area contributed by atoms with Crippen molar-refractivity contribution in [1.82, 2.24) is 9.88 Å². The van der Waals surface area contributed by atoms with Crippen molar-refractivity contribution in [2.24, 2.45) is 5.92 Å². The third-order valence-corrected chi connectivity index (χ3v) is 3.91. The Hall–Kier alpha value is -2.67. The van der Waals surface area contributed by atoms with Crippen molar-refractivity contribution >= 4 is 5.91 Å². The van der Waals surface area contributed by atoms with Gasteiger partial charge in [0.2, 0.25) is 0 Å². The molecule has 0 N–H and O–H groups in total. The van der Waals surface area contributed by atoms with Gasteiger partial charge in [0.15, 0.2) is 0 Å². The van der Waals surface area contributed by atoms with Crippen molar-refractivity contribution < 1.29 is 4.79 Å². The number of nitrogens with zero attached hydrogens (tertiary/aromatic N) is 3. The molecule has 0 fully saturated rings. The molecule has 0 spiro atoms. The summed E-state index contributed by atoms with van der Waals surface area (Å²) in [5, 5.41) is 8.80. The fourth-order valence-corrected chi connectivity index (χ4v) is 2.55. The maximum absolute atomic E-state index is 12.6. The van der Waals surface area contributed by atoms with Crippen LogP contribution in [0.4, 0.5) is 0 Å². The molecule has 28 heavy (non-hydrogen) atoms. The average molecular weight is 380 g/mol. The van der Waals surface area contributed by atoms with Gasteiger partial charge in [0, 0.05) is 30.4 Å². The van der Waals surface area contributed by atoms with E-state index in [1.807, 2.05) is 41.3 Å². The molecule has 4 heteroatoms. The van der Waals surface area contributed by atoms with E-state index in [-0.39, 0.29) is 5.91 Å². The minimum atomic E-state index is 0.0924. The van der Waals surface area contributed by atoms with Crippen LogP contribution in [0.25, 0.3) is 11.1 Å². The SMILES string of the molecule is CC(C)C.CCCCN(CCC)C(=O)c1ccc(-c2ccc(C#N)nc2)cc1. The smallest absolute Gasteiger partial charge is 0.253 e. The lowest BCUT2D eigenvalue weighted by molar-refractivity contribution is 0.0753. The highest BCUT2D eigenvalue weighted by atomic mass is 16.2. The number of hydrogen-bond acceptors (Lipinski definition) is 3. The molecule has 0 bridgehead atoms. The van der Waals surface area contributed by atoms with Crippen molar-refractivity contribution in [3.05, 3.63) is 53.9 Å². The van der Waals surface area contributed by atoms with Crippen molar-refractivity contribution in [2.45, 2.75) is 53.9 Å². The molecule has 0 aliphatic rings. The Kier molecular flexibility index (Phi) is 10.6. The summed E-state index contributed by atoms with van der Waals surface area (Å²) in [6.45, 7) is 12.3. The number of hydrogen-bond donors (Lipinski definition) is 0. The summed E-state index contributed by atoms with van der Waals surface area (Å²) in [5.41, 5.74) is 3.03. The summed E-state index contributed by atoms with van der Waals surface area (Å²) in [7, 11) is 0. The van der Waals surface area contributed by atoms with Crippen LogP contribution in [-0.4, -0.2) is 28.9 Å². The quantitative estimate of drug-likeness (QED) is 0.598. The predicted octanol–water partition coefficient (Wildman–Crippen LogP) is 5.93. The van der Waals surface area contributed by atoms with Crippen LogP contribution in [0.1, 0.15) is 69.9 Å². The average Bonchev–Trinajstić information content (AvgIpc) is 2.70. The van der Waals surface area contributed by atoms with Gasteiger partial charge in [-0.1, -0.05) is 53.2 Å². The van der Waals surface area contributed by atoms with E-state index in [1.54, 1.807) is 12.3 Å². The monoisotopic (exact) mass is 379 g/mol. The lowest BCUT2D eigenvalue weighted by Gasteiger charge is -2.22. The molecular weight excluding hydrogens is 346 g/mol. The van der Waals surface area contributed by atoms with Gasteiger partial charge in [-0.25, -0.2) is 4.98 Å². The van der Waals surface area contributed by atoms with Gasteiger partial charge in [0.05, 0.1) is 0 Å². The van der Waals surface area contributed by atoms with Gasteiger partial charge in [-0.15, -0.1) is 0 Å². The fourth-order valence-electron chi connectivity index (χ4n) is 2.55. The first-order valence-electron chi connectivity index (χ1n) is 10.2. The Balaban J connectivity index is 0.000000892. The van der Waals surface area contributed by atoms with Crippen molar-refractivity contribution in [3.8, 4) is 17.2 Å². The van der Waals surface area contributed by atoms with Crippen LogP contribution in [0.15, 0.2) is 42.6 Å². The summed E-state index contributed by atoms with van der Waals surface area (Å²) in [6, 6.07) is 13.2. The highest BCUT2D eigenvalue weighted by molar-refractivity contribution is 5.94. The van der Waals surface area contributed by atoms with Crippen molar-refractivity contribution in [2.75, 3.05) is 13.1 Å². The third kappa shape index (κ3) is 7.92. The summed E-state index contributed by atoms with van der Waals surface area (Å²) in [5.74, 6) is 0.926. The third-order valence-electron chi connectivity index (χ3n) is 3.91. The van der Waals surface area contributed by atoms with Crippen LogP contribution in [0.5, 0.6) is 0 Å². The van der Waals surface area contributed by atoms with Crippen LogP contribution < -0.4 is 0 Å². The van der Waals surface area contributed by atoms with E-state index >= 15 is 0 Å². The molecule has 1 amide bonds. The zero-order chi connectivity index (χ0) is 20.9. The van der Waals surface area contributed by atoms with Gasteiger partial charge in [0.25, 0.3) is 5.91 Å². The first-order chi connectivity index (χ1) is 13.4. The standard InChI is InChI=1S/C20H23N3O.C4H10/c1-3-5-13-23(12-4-2)20(24)17-8-6-16(7-9-17)18-10-11-19(14-21)22-15-18;1-4(2)3/h6-11,15H,3-5,12-13H2,1-2H3;4H,1-3H3. The highest BCUT2D eigenvalue weighted by Crippen LogP contribution is 2.20. The lowest BCUT2D eigenvalue weighted by atomic mass is 10.0. The second-order valence-electron chi connectivity index (χ2n) is 7.50. The van der Waals surface area contributed by atoms with Gasteiger partial charge in [-0.2, -0.15) is 5.26 Å². The Labute approximate surface area is 170 Å². The molecule has 0 atom stereocenters. The van der Waals surface area contributed by atoms with Crippen LogP contribution in [-0.2, 0) is 0 Å². The van der Waals surface area contributed by atoms with E-state index in [0.29, 0.717) is 11.3 Å². The number of nitriles is 1. The molecular formula is C24H33N3O. The minimum absolute atomic E-state index is 0.0924. The predicted molar refractivity (Wildman–Crippen MR) is 116 cm³/mol. The van der Waals surface area contributed by atoms with Gasteiger partial charge in [-0.3, -0.25) is 4.79 Å². The van der Waals surface area contributed by atoms with E-state index < -0.39 is 0 Å². The molecule has 1 aromatic heterocycles. The number of aromatic nitrogens is 1. The zero-order valence-electron chi connectivity index (χ0n) is 17.9. The normalized spacial score (nSPS) is 10.0. The zero-order valence-corrected chi connectivity index (χ0v) is 17.9. The minimum Gasteiger partial charge on any atom is -0.339 e. The molecule has 0 aliphatic carbocycles. The van der Waals surface area contributed by atoms with E-state index in [9.17, 15) is 4.79 Å². The Morgan fingerprint density at radius 1 is 1.00 bits per heavy atom. The van der Waals surface area contributed by atoms with Gasteiger partial charge in [-0.05, 0) is 48.6 Å². The summed E-state index contributed by atoms with van der Waals surface area (Å²) < 4.78 is 0. The molecule has 0 saturated carbocycles. The summed E-state index contributed by atoms with van der Waals surface area (Å²) >= 11 is 0. The number of unbranched alkanes of at least 4 members (excludes halogenated alkanes) is 1. The summed E-state index contributed by atoms with van der Waals surface area (Å²) in [4.78, 5) is 18.7. The number of pyridine rings is 1. The molecule has 1 aromatic carbocycles. The van der Waals surface area contributed by atoms with Gasteiger partial charge in [0.1, 0.15) is 11.8 Å². The first-order valence-corrected chi connectivity index (χ1v) is 10.2. The van der Waals surface area contributed by atoms with E-state index in [2.05, 4.69) is 39.6 Å². The van der Waals surface area contributed by atoms with Crippen molar-refractivity contribution in [1.29, 1.82) is 5.26 Å². The molecule has 1 heterocycles. The molecule has 0 aliphatic heterocycles. The van der Waals surface area contributed by atoms with Crippen molar-refractivity contribution in [3.63, 3.8) is 0 Å². The molecule has 2 rings (SSSR count). The van der Waals surface area contributed by atoms with Crippen LogP contribution in [0, 0.1) is 17.2 Å². The Morgan fingerprint density at radius 2 is 1.61 bits per heavy atom. The number of rotatable bonds is 7. The maximum atomic E-state index is 12.6. The number of carbonyl (C=O) groups is 1. The molecule has 2 aromatic rings. The number of benzene rings is 1. The van der Waals surface area contributed by atoms with Crippen LogP contribution in [0.2, 0.25) is 0 Å². The highest BCUT2D eigenvalue weighted by Gasteiger charge is 2.14. The van der Waals surface area contributed by atoms with E-state index in [4.69, 9.17) is 5.26 Å². The second-order valence-corrected chi connectivity index (χ2v) is 7.50. The number of carbonyl (C=O) groups excluding carboxylic acids is 1. The fraction of sp³-hybridized carbons (Fsp3) is 0.458. The molecule has 0 saturated heterocycles. The molecule has 0 unspecified atom stereocenters. The largest absolute Gasteiger partial charge is 0.339 e. The van der Waals surface area contributed by atoms with E-state index in [0.717, 1.165) is 49.4 Å². The molecule has 4 nitrogen and oxygen atoms in total. The van der Waals surface area contributed by atoms with Crippen LogP contribution in [0.3, 0.4) is 0 Å². The summed E-state index contributed by atoms with van der Waals surface area (Å²) in [6.07, 6.45) is 4.75. The maximum Gasteiger partial charge on any atom is 0.253 e. The molecule has 150 valence electrons. The Morgan fingerprint density at radius 3 is 2.07 bits per heavy atom. The van der Waals surface area contributed by atoms with E-state index in [1.165, 1.54) is 0 Å². The van der Waals surface area contributed by atoms with Gasteiger partial charge < -0.3 is 4.90 Å². The van der Waals surface area contributed by atoms with Crippen LogP contribution >= 0.6 is 0 Å². The molecule has 0 radical (unpaired) electrons. The topological polar surface area (TPSA) is 57.0 Å². The first kappa shape index (κ1) is 23.4. The lowest BCUT2D eigenvalue weighted by Crippen LogP contribution is -2.32. The van der Waals surface area contributed by atoms with Gasteiger partial charge >= 0.3 is 0 Å².